The van der Waals surface area contributed by atoms with Gasteiger partial charge in [-0.25, -0.2) is 9.20 Å². The first kappa shape index (κ1) is 16.0. The Morgan fingerprint density at radius 3 is 2.71 bits per heavy atom. The molecule has 0 amide bonds. The molecule has 0 aliphatic carbocycles. The zero-order valence-corrected chi connectivity index (χ0v) is 13.4. The highest BCUT2D eigenvalue weighted by molar-refractivity contribution is 7.88. The van der Waals surface area contributed by atoms with E-state index in [1.165, 1.54) is 0 Å². The third-order valence-electron chi connectivity index (χ3n) is 3.14. The summed E-state index contributed by atoms with van der Waals surface area (Å²) < 4.78 is 17.4. The molecule has 1 aromatic carbocycles. The lowest BCUT2D eigenvalue weighted by molar-refractivity contribution is 0.122. The van der Waals surface area contributed by atoms with Crippen molar-refractivity contribution in [2.75, 3.05) is 37.7 Å². The molecule has 0 radical (unpaired) electrons. The van der Waals surface area contributed by atoms with Gasteiger partial charge in [-0.2, -0.15) is 0 Å². The molecule has 0 bridgehead atoms. The maximum Gasteiger partial charge on any atom is 0.0772 e. The van der Waals surface area contributed by atoms with Crippen LogP contribution in [-0.2, 0) is 15.5 Å². The predicted molar refractivity (Wildman–Crippen MR) is 89.5 cm³/mol. The van der Waals surface area contributed by atoms with Crippen LogP contribution in [0, 0.1) is 0 Å². The largest absolute Gasteiger partial charge is 0.378 e. The van der Waals surface area contributed by atoms with Crippen molar-refractivity contribution in [3.63, 3.8) is 0 Å². The van der Waals surface area contributed by atoms with Crippen molar-refractivity contribution >= 4 is 33.9 Å². The molecule has 112 valence electrons. The first-order chi connectivity index (χ1) is 10.3. The fraction of sp³-hybridized carbons (Fsp3) is 0.400. The van der Waals surface area contributed by atoms with Crippen molar-refractivity contribution in [1.82, 2.24) is 0 Å². The van der Waals surface area contributed by atoms with E-state index in [0.29, 0.717) is 6.54 Å². The van der Waals surface area contributed by atoms with Gasteiger partial charge in [-0.1, -0.05) is 6.08 Å². The van der Waals surface area contributed by atoms with Crippen molar-refractivity contribution in [1.29, 1.82) is 0 Å². The number of nitrogens with zero attached hydrogens (tertiary/aromatic N) is 2. The first-order valence-electron chi connectivity index (χ1n) is 6.85. The summed E-state index contributed by atoms with van der Waals surface area (Å²) in [6, 6.07) is 7.87. The van der Waals surface area contributed by atoms with Crippen LogP contribution in [0.3, 0.4) is 0 Å². The fourth-order valence-corrected chi connectivity index (χ4v) is 2.99. The average molecular weight is 322 g/mol. The van der Waals surface area contributed by atoms with Gasteiger partial charge in [-0.05, 0) is 42.9 Å². The lowest BCUT2D eigenvalue weighted by atomic mass is 10.2. The Morgan fingerprint density at radius 2 is 2.05 bits per heavy atom. The molecule has 1 atom stereocenters. The van der Waals surface area contributed by atoms with Crippen molar-refractivity contribution < 1.29 is 8.95 Å². The Labute approximate surface area is 133 Å². The van der Waals surface area contributed by atoms with Gasteiger partial charge in [-0.3, -0.25) is 0 Å². The molecule has 1 fully saturated rings. The van der Waals surface area contributed by atoms with Gasteiger partial charge in [0.15, 0.2) is 0 Å². The van der Waals surface area contributed by atoms with Crippen molar-refractivity contribution in [2.45, 2.75) is 11.3 Å². The zero-order chi connectivity index (χ0) is 14.9. The summed E-state index contributed by atoms with van der Waals surface area (Å²) in [5.74, 6) is 0. The van der Waals surface area contributed by atoms with Gasteiger partial charge >= 0.3 is 0 Å². The summed E-state index contributed by atoms with van der Waals surface area (Å²) in [7, 11) is -1.11. The highest BCUT2D eigenvalue weighted by Gasteiger charge is 2.11. The molecule has 0 N–H and O–H groups in total. The Kier molecular flexibility index (Phi) is 6.76. The molecule has 21 heavy (non-hydrogen) atoms. The Balaban J connectivity index is 1.91. The minimum Gasteiger partial charge on any atom is -0.378 e. The summed E-state index contributed by atoms with van der Waals surface area (Å²) in [4.78, 5) is 6.88. The van der Waals surface area contributed by atoms with Gasteiger partial charge < -0.3 is 9.64 Å². The van der Waals surface area contributed by atoms with Gasteiger partial charge in [0, 0.05) is 29.1 Å². The number of isothiocyanates is 1. The smallest absolute Gasteiger partial charge is 0.0772 e. The average Bonchev–Trinajstić information content (AvgIpc) is 2.55. The number of morpholine rings is 1. The lowest BCUT2D eigenvalue weighted by Crippen LogP contribution is -2.36. The Bertz CT molecular complexity index is 545. The first-order valence-corrected chi connectivity index (χ1v) is 8.47. The number of anilines is 1. The monoisotopic (exact) mass is 322 g/mol. The number of ether oxygens (including phenoxy) is 1. The minimum absolute atomic E-state index is 0.590. The molecule has 0 saturated carbocycles. The molecule has 4 nitrogen and oxygen atoms in total. The van der Waals surface area contributed by atoms with E-state index < -0.39 is 10.8 Å². The van der Waals surface area contributed by atoms with Crippen LogP contribution in [0.25, 0.3) is 0 Å². The molecule has 1 aromatic rings. The summed E-state index contributed by atoms with van der Waals surface area (Å²) in [6.45, 7) is 3.93. The van der Waals surface area contributed by atoms with Crippen LogP contribution in [0.5, 0.6) is 0 Å². The van der Waals surface area contributed by atoms with E-state index in [0.717, 1.165) is 43.3 Å². The van der Waals surface area contributed by atoms with Gasteiger partial charge in [-0.15, -0.1) is 0 Å². The zero-order valence-electron chi connectivity index (χ0n) is 11.7. The van der Waals surface area contributed by atoms with Gasteiger partial charge in [0.05, 0.1) is 35.7 Å². The van der Waals surface area contributed by atoms with E-state index in [-0.39, 0.29) is 0 Å². The molecular formula is C15H18N2O2S2. The SMILES string of the molecule is O=S(C=CCCN=C=S)c1ccc(N2CCOCC2)cc1. The number of benzene rings is 1. The van der Waals surface area contributed by atoms with Gasteiger partial charge in [0.1, 0.15) is 0 Å². The number of hydrogen-bond donors (Lipinski definition) is 0. The third kappa shape index (κ3) is 5.17. The van der Waals surface area contributed by atoms with E-state index in [2.05, 4.69) is 27.3 Å². The van der Waals surface area contributed by atoms with E-state index in [1.54, 1.807) is 5.41 Å². The molecule has 1 aliphatic rings. The fourth-order valence-electron chi connectivity index (χ4n) is 2.03. The third-order valence-corrected chi connectivity index (χ3v) is 4.44. The van der Waals surface area contributed by atoms with Crippen molar-refractivity contribution in [3.8, 4) is 0 Å². The number of aliphatic imine (C=N–C) groups is 1. The van der Waals surface area contributed by atoms with Crippen molar-refractivity contribution in [3.05, 3.63) is 35.7 Å². The van der Waals surface area contributed by atoms with Crippen LogP contribution in [0.15, 0.2) is 45.6 Å². The molecule has 6 heteroatoms. The summed E-state index contributed by atoms with van der Waals surface area (Å²) in [5, 5.41) is 4.01. The maximum absolute atomic E-state index is 12.1. The van der Waals surface area contributed by atoms with E-state index in [9.17, 15) is 4.21 Å². The van der Waals surface area contributed by atoms with Crippen LogP contribution in [0.2, 0.25) is 0 Å². The normalized spacial score (nSPS) is 16.7. The second-order valence-electron chi connectivity index (χ2n) is 4.52. The van der Waals surface area contributed by atoms with Gasteiger partial charge in [0.2, 0.25) is 0 Å². The highest BCUT2D eigenvalue weighted by Crippen LogP contribution is 2.18. The predicted octanol–water partition coefficient (Wildman–Crippen LogP) is 2.64. The molecule has 2 rings (SSSR count). The van der Waals surface area contributed by atoms with Crippen LogP contribution in [-0.4, -0.2) is 42.2 Å². The second kappa shape index (κ2) is 8.85. The standard InChI is InChI=1S/C15H18N2O2S2/c18-21(12-2-1-7-16-13-20)15-5-3-14(4-6-15)17-8-10-19-11-9-17/h2-6,12H,1,7-11H2. The molecule has 1 saturated heterocycles. The molecular weight excluding hydrogens is 304 g/mol. The quantitative estimate of drug-likeness (QED) is 0.459. The van der Waals surface area contributed by atoms with Gasteiger partial charge in [0.25, 0.3) is 0 Å². The maximum atomic E-state index is 12.1. The molecule has 1 heterocycles. The lowest BCUT2D eigenvalue weighted by Gasteiger charge is -2.28. The molecule has 0 spiro atoms. The van der Waals surface area contributed by atoms with Crippen LogP contribution in [0.4, 0.5) is 5.69 Å². The van der Waals surface area contributed by atoms with E-state index in [1.807, 2.05) is 30.3 Å². The van der Waals surface area contributed by atoms with Crippen LogP contribution < -0.4 is 4.90 Å². The second-order valence-corrected chi connectivity index (χ2v) is 6.05. The minimum atomic E-state index is -1.11. The number of rotatable bonds is 6. The Hall–Kier alpha value is -1.33. The number of hydrogen-bond acceptors (Lipinski definition) is 5. The van der Waals surface area contributed by atoms with E-state index >= 15 is 0 Å². The van der Waals surface area contributed by atoms with E-state index in [4.69, 9.17) is 4.74 Å². The summed E-state index contributed by atoms with van der Waals surface area (Å²) in [5.41, 5.74) is 1.15. The summed E-state index contributed by atoms with van der Waals surface area (Å²) >= 11 is 4.48. The number of thiocarbonyl (C=S) groups is 1. The van der Waals surface area contributed by atoms with Crippen molar-refractivity contribution in [2.24, 2.45) is 4.99 Å². The Morgan fingerprint density at radius 1 is 1.33 bits per heavy atom. The highest BCUT2D eigenvalue weighted by atomic mass is 32.2. The summed E-state index contributed by atoms with van der Waals surface area (Å²) in [6.07, 6.45) is 2.59. The molecule has 1 aliphatic heterocycles. The van der Waals surface area contributed by atoms with Crippen LogP contribution >= 0.6 is 12.2 Å². The molecule has 1 unspecified atom stereocenters. The topological polar surface area (TPSA) is 41.9 Å². The molecule has 0 aromatic heterocycles. The van der Waals surface area contributed by atoms with Crippen LogP contribution in [0.1, 0.15) is 6.42 Å².